The first-order chi connectivity index (χ1) is 19.3. The summed E-state index contributed by atoms with van der Waals surface area (Å²) < 4.78 is 24.7. The normalized spacial score (nSPS) is 13.6. The molecule has 1 aromatic heterocycles. The summed E-state index contributed by atoms with van der Waals surface area (Å²) in [6.45, 7) is -0.220. The predicted octanol–water partition coefficient (Wildman–Crippen LogP) is 4.34. The molecule has 8 nitrogen and oxygen atoms in total. The molecule has 5 rings (SSSR count). The molecular formula is C31H27FN2O6. The van der Waals surface area contributed by atoms with Gasteiger partial charge < -0.3 is 20.3 Å². The van der Waals surface area contributed by atoms with Crippen molar-refractivity contribution in [2.45, 2.75) is 25.7 Å². The summed E-state index contributed by atoms with van der Waals surface area (Å²) in [5.74, 6) is -0.154. The SMILES string of the molecule is NC(=O)c1cc2c(Oc3ccc(CC(=O)C4(C(=O)Cc5ccc(F)cc5)CC4)cc3)ccnc2cc1OCCO. The Hall–Kier alpha value is -4.63. The number of halogens is 1. The molecule has 0 saturated heterocycles. The average molecular weight is 543 g/mol. The molecule has 0 spiro atoms. The van der Waals surface area contributed by atoms with Gasteiger partial charge in [-0.2, -0.15) is 0 Å². The van der Waals surface area contributed by atoms with Crippen molar-refractivity contribution in [3.8, 4) is 17.2 Å². The first-order valence-electron chi connectivity index (χ1n) is 12.8. The first kappa shape index (κ1) is 27.0. The zero-order chi connectivity index (χ0) is 28.3. The molecule has 40 heavy (non-hydrogen) atoms. The topological polar surface area (TPSA) is 129 Å². The Kier molecular flexibility index (Phi) is 7.57. The number of aromatic nitrogens is 1. The lowest BCUT2D eigenvalue weighted by Gasteiger charge is -2.14. The van der Waals surface area contributed by atoms with Crippen LogP contribution in [0.4, 0.5) is 4.39 Å². The van der Waals surface area contributed by atoms with E-state index in [9.17, 15) is 18.8 Å². The van der Waals surface area contributed by atoms with Crippen LogP contribution in [-0.2, 0) is 22.4 Å². The van der Waals surface area contributed by atoms with Crippen molar-refractivity contribution in [3.05, 3.63) is 95.4 Å². The maximum absolute atomic E-state index is 13.2. The second-order valence-corrected chi connectivity index (χ2v) is 9.77. The Balaban J connectivity index is 1.28. The number of ketones is 2. The van der Waals surface area contributed by atoms with Crippen molar-refractivity contribution >= 4 is 28.4 Å². The highest BCUT2D eigenvalue weighted by atomic mass is 19.1. The minimum atomic E-state index is -0.961. The summed E-state index contributed by atoms with van der Waals surface area (Å²) in [5.41, 5.74) is 6.65. The van der Waals surface area contributed by atoms with E-state index in [-0.39, 0.29) is 54.8 Å². The van der Waals surface area contributed by atoms with E-state index in [1.807, 2.05) is 0 Å². The van der Waals surface area contributed by atoms with Gasteiger partial charge >= 0.3 is 0 Å². The van der Waals surface area contributed by atoms with Gasteiger partial charge in [0.15, 0.2) is 11.6 Å². The fraction of sp³-hybridized carbons (Fsp3) is 0.226. The molecule has 3 N–H and O–H groups in total. The second kappa shape index (κ2) is 11.2. The molecule has 9 heteroatoms. The third-order valence-corrected chi connectivity index (χ3v) is 7.03. The highest BCUT2D eigenvalue weighted by Gasteiger charge is 2.54. The van der Waals surface area contributed by atoms with Gasteiger partial charge in [-0.15, -0.1) is 0 Å². The maximum atomic E-state index is 13.2. The molecule has 0 radical (unpaired) electrons. The van der Waals surface area contributed by atoms with Crippen molar-refractivity contribution in [1.82, 2.24) is 4.98 Å². The van der Waals surface area contributed by atoms with Crippen molar-refractivity contribution in [2.75, 3.05) is 13.2 Å². The van der Waals surface area contributed by atoms with E-state index in [1.165, 1.54) is 18.2 Å². The molecule has 4 aromatic rings. The Bertz CT molecular complexity index is 1580. The van der Waals surface area contributed by atoms with Crippen LogP contribution >= 0.6 is 0 Å². The maximum Gasteiger partial charge on any atom is 0.252 e. The molecule has 3 aromatic carbocycles. The molecule has 0 aliphatic heterocycles. The van der Waals surface area contributed by atoms with E-state index in [0.717, 1.165) is 5.56 Å². The summed E-state index contributed by atoms with van der Waals surface area (Å²) in [6.07, 6.45) is 2.84. The molecule has 1 fully saturated rings. The van der Waals surface area contributed by atoms with Crippen LogP contribution in [0.25, 0.3) is 10.9 Å². The highest BCUT2D eigenvalue weighted by Crippen LogP contribution is 2.48. The molecule has 1 amide bonds. The van der Waals surface area contributed by atoms with E-state index in [0.29, 0.717) is 40.8 Å². The third-order valence-electron chi connectivity index (χ3n) is 7.03. The van der Waals surface area contributed by atoms with Crippen LogP contribution in [0.1, 0.15) is 34.3 Å². The highest BCUT2D eigenvalue weighted by molar-refractivity contribution is 6.11. The lowest BCUT2D eigenvalue weighted by atomic mass is 9.88. The Morgan fingerprint density at radius 3 is 2.10 bits per heavy atom. The van der Waals surface area contributed by atoms with E-state index in [4.69, 9.17) is 20.3 Å². The van der Waals surface area contributed by atoms with Crippen LogP contribution in [0.15, 0.2) is 72.9 Å². The number of nitrogens with two attached hydrogens (primary N) is 1. The fourth-order valence-electron chi connectivity index (χ4n) is 4.66. The van der Waals surface area contributed by atoms with Gasteiger partial charge in [0, 0.05) is 30.5 Å². The van der Waals surface area contributed by atoms with Crippen molar-refractivity contribution in [3.63, 3.8) is 0 Å². The minimum absolute atomic E-state index is 0.000358. The number of Topliss-reactive ketones (excluding diaryl/α,β-unsaturated/α-hetero) is 2. The van der Waals surface area contributed by atoms with E-state index < -0.39 is 11.3 Å². The van der Waals surface area contributed by atoms with E-state index in [1.54, 1.807) is 54.7 Å². The van der Waals surface area contributed by atoms with E-state index >= 15 is 0 Å². The standard InChI is InChI=1S/C31H27FN2O6/c32-21-5-1-19(2-6-21)15-28(36)31(10-11-31)29(37)16-20-3-7-22(8-4-20)40-26-9-12-34-25-18-27(39-14-13-35)24(30(33)38)17-23(25)26/h1-9,12,17-18,35H,10-11,13-16H2,(H2,33,38). The van der Waals surface area contributed by atoms with Crippen LogP contribution in [0.5, 0.6) is 17.2 Å². The predicted molar refractivity (Wildman–Crippen MR) is 145 cm³/mol. The molecule has 0 atom stereocenters. The molecule has 1 aliphatic carbocycles. The van der Waals surface area contributed by atoms with E-state index in [2.05, 4.69) is 4.98 Å². The molecule has 1 saturated carbocycles. The van der Waals surface area contributed by atoms with Gasteiger partial charge in [-0.1, -0.05) is 24.3 Å². The smallest absolute Gasteiger partial charge is 0.252 e. The Labute approximate surface area is 229 Å². The number of fused-ring (bicyclic) bond motifs is 1. The number of benzene rings is 3. The van der Waals surface area contributed by atoms with Gasteiger partial charge in [0.05, 0.1) is 23.1 Å². The molecular weight excluding hydrogens is 515 g/mol. The molecule has 1 aliphatic rings. The van der Waals surface area contributed by atoms with Gasteiger partial charge in [0.25, 0.3) is 5.91 Å². The molecule has 204 valence electrons. The van der Waals surface area contributed by atoms with Crippen LogP contribution in [0.3, 0.4) is 0 Å². The third kappa shape index (κ3) is 5.69. The number of aliphatic hydroxyl groups excluding tert-OH is 1. The number of hydrogen-bond acceptors (Lipinski definition) is 7. The summed E-state index contributed by atoms with van der Waals surface area (Å²) in [4.78, 5) is 42.4. The van der Waals surface area contributed by atoms with Crippen LogP contribution < -0.4 is 15.2 Å². The first-order valence-corrected chi connectivity index (χ1v) is 12.8. The number of carbonyl (C=O) groups is 3. The number of hydrogen-bond donors (Lipinski definition) is 2. The number of nitrogens with zero attached hydrogens (tertiary/aromatic N) is 1. The number of pyridine rings is 1. The number of carbonyl (C=O) groups excluding carboxylic acids is 3. The lowest BCUT2D eigenvalue weighted by Crippen LogP contribution is -2.28. The Morgan fingerprint density at radius 1 is 0.900 bits per heavy atom. The number of amides is 1. The number of primary amides is 1. The lowest BCUT2D eigenvalue weighted by molar-refractivity contribution is -0.133. The van der Waals surface area contributed by atoms with Gasteiger partial charge in [-0.3, -0.25) is 19.4 Å². The van der Waals surface area contributed by atoms with Crippen LogP contribution in [0, 0.1) is 11.2 Å². The van der Waals surface area contributed by atoms with Crippen molar-refractivity contribution in [1.29, 1.82) is 0 Å². The summed E-state index contributed by atoms with van der Waals surface area (Å²) >= 11 is 0. The van der Waals surface area contributed by atoms with Crippen molar-refractivity contribution < 1.29 is 33.4 Å². The molecule has 1 heterocycles. The average Bonchev–Trinajstić information content (AvgIpc) is 3.76. The fourth-order valence-corrected chi connectivity index (χ4v) is 4.66. The number of rotatable bonds is 12. The molecule has 0 unspecified atom stereocenters. The largest absolute Gasteiger partial charge is 0.490 e. The number of ether oxygens (including phenoxy) is 2. The summed E-state index contributed by atoms with van der Waals surface area (Å²) in [5, 5.41) is 9.60. The quantitative estimate of drug-likeness (QED) is 0.255. The van der Waals surface area contributed by atoms with Gasteiger partial charge in [0.1, 0.15) is 29.7 Å². The monoisotopic (exact) mass is 542 g/mol. The minimum Gasteiger partial charge on any atom is -0.490 e. The zero-order valence-electron chi connectivity index (χ0n) is 21.6. The van der Waals surface area contributed by atoms with Crippen LogP contribution in [-0.4, -0.2) is 40.8 Å². The van der Waals surface area contributed by atoms with Gasteiger partial charge in [-0.05, 0) is 60.4 Å². The molecule has 0 bridgehead atoms. The summed E-state index contributed by atoms with van der Waals surface area (Å²) in [7, 11) is 0. The van der Waals surface area contributed by atoms with Crippen LogP contribution in [0.2, 0.25) is 0 Å². The Morgan fingerprint density at radius 2 is 1.52 bits per heavy atom. The van der Waals surface area contributed by atoms with Gasteiger partial charge in [0.2, 0.25) is 0 Å². The van der Waals surface area contributed by atoms with Gasteiger partial charge in [-0.25, -0.2) is 4.39 Å². The zero-order valence-corrected chi connectivity index (χ0v) is 21.6. The summed E-state index contributed by atoms with van der Waals surface area (Å²) in [6, 6.07) is 17.5. The second-order valence-electron chi connectivity index (χ2n) is 9.77. The van der Waals surface area contributed by atoms with Crippen molar-refractivity contribution in [2.24, 2.45) is 11.1 Å². The number of aliphatic hydroxyl groups is 1.